The molecule has 0 saturated carbocycles. The number of carbonyl (C=O) groups excluding carboxylic acids is 2. The predicted molar refractivity (Wildman–Crippen MR) is 228 cm³/mol. The molecule has 0 radical (unpaired) electrons. The van der Waals surface area contributed by atoms with E-state index >= 15 is 0 Å². The smallest absolute Gasteiger partial charge is 0.336 e. The largest absolute Gasteiger partial charge is 0.478 e. The van der Waals surface area contributed by atoms with Crippen molar-refractivity contribution < 1.29 is 38.9 Å². The quantitative estimate of drug-likeness (QED) is 0.0806. The maximum absolute atomic E-state index is 13.1. The lowest BCUT2D eigenvalue weighted by molar-refractivity contribution is 0.0683. The van der Waals surface area contributed by atoms with Gasteiger partial charge in [-0.3, -0.25) is 9.59 Å². The number of hydrogen-bond acceptors (Lipinski definition) is 6. The third-order valence-corrected chi connectivity index (χ3v) is 9.01. The number of aromatic carboxylic acids is 2. The predicted octanol–water partition coefficient (Wildman–Crippen LogP) is 11.4. The molecule has 58 heavy (non-hydrogen) atoms. The van der Waals surface area contributed by atoms with Crippen LogP contribution < -0.4 is 20.1 Å². The normalized spacial score (nSPS) is 10.4. The highest BCUT2D eigenvalue weighted by Crippen LogP contribution is 2.30. The first-order valence-electron chi connectivity index (χ1n) is 17.7. The van der Waals surface area contributed by atoms with Gasteiger partial charge < -0.3 is 30.3 Å². The van der Waals surface area contributed by atoms with E-state index in [1.165, 1.54) is 48.6 Å². The number of amides is 2. The van der Waals surface area contributed by atoms with Gasteiger partial charge in [0.25, 0.3) is 11.8 Å². The molecule has 0 heterocycles. The fourth-order valence-electron chi connectivity index (χ4n) is 6.02. The minimum absolute atomic E-state index is 0.000743. The lowest BCUT2D eigenvalue weighted by atomic mass is 9.97. The van der Waals surface area contributed by atoms with E-state index in [2.05, 4.69) is 36.9 Å². The number of carboxylic acid groups (broad SMARTS) is 2. The first-order chi connectivity index (χ1) is 28.0. The summed E-state index contributed by atoms with van der Waals surface area (Å²) in [6.07, 6.45) is 6.09. The fourth-order valence-corrected chi connectivity index (χ4v) is 6.02. The number of rotatable bonds is 15. The van der Waals surface area contributed by atoms with Crippen LogP contribution in [-0.2, 0) is 0 Å². The Bertz CT molecular complexity index is 2410. The molecule has 0 unspecified atom stereocenters. The summed E-state index contributed by atoms with van der Waals surface area (Å²) >= 11 is 0. The fraction of sp³-hybridized carbons (Fsp3) is 0. The molecule has 0 saturated heterocycles. The molecule has 10 heteroatoms. The summed E-state index contributed by atoms with van der Waals surface area (Å²) in [6.45, 7) is 14.9. The molecule has 0 aromatic heterocycles. The van der Waals surface area contributed by atoms with Gasteiger partial charge in [-0.15, -0.1) is 0 Å². The molecule has 6 rings (SSSR count). The van der Waals surface area contributed by atoms with Crippen molar-refractivity contribution in [1.29, 1.82) is 0 Å². The average Bonchev–Trinajstić information content (AvgIpc) is 3.24. The lowest BCUT2D eigenvalue weighted by Gasteiger charge is -2.12. The van der Waals surface area contributed by atoms with E-state index in [9.17, 15) is 29.4 Å². The van der Waals surface area contributed by atoms with E-state index in [0.29, 0.717) is 56.6 Å². The summed E-state index contributed by atoms with van der Waals surface area (Å²) in [5, 5.41) is 24.8. The molecule has 10 nitrogen and oxygen atoms in total. The van der Waals surface area contributed by atoms with Crippen LogP contribution in [0.25, 0.3) is 35.4 Å². The number of hydrogen-bond donors (Lipinski definition) is 4. The van der Waals surface area contributed by atoms with Gasteiger partial charge in [0, 0.05) is 11.4 Å². The third kappa shape index (κ3) is 8.99. The van der Waals surface area contributed by atoms with Crippen molar-refractivity contribution in [1.82, 2.24) is 0 Å². The Kier molecular flexibility index (Phi) is 11.9. The van der Waals surface area contributed by atoms with Crippen molar-refractivity contribution in [2.45, 2.75) is 0 Å². The zero-order valence-electron chi connectivity index (χ0n) is 31.0. The maximum Gasteiger partial charge on any atom is 0.336 e. The van der Waals surface area contributed by atoms with Gasteiger partial charge in [-0.05, 0) is 130 Å². The van der Waals surface area contributed by atoms with Crippen LogP contribution in [0.15, 0.2) is 148 Å². The summed E-state index contributed by atoms with van der Waals surface area (Å²) in [6, 6.07) is 34.2. The summed E-state index contributed by atoms with van der Waals surface area (Å²) in [7, 11) is 0. The van der Waals surface area contributed by atoms with E-state index < -0.39 is 23.8 Å². The molecule has 4 N–H and O–H groups in total. The SMILES string of the molecule is C=Cc1cc(C(=O)O)c(C(=O)Nc2ccc(Oc3ccc(-c4ccc(Oc5ccc(NC(=O)c6cc(C=C)c(C=C)cc6C(=O)O)cc5)cc4)cc3)cc2)cc1C=C. The Morgan fingerprint density at radius 2 is 0.672 bits per heavy atom. The highest BCUT2D eigenvalue weighted by molar-refractivity contribution is 6.12. The molecule has 2 amide bonds. The Balaban J connectivity index is 1.04. The molecular weight excluding hydrogens is 733 g/mol. The van der Waals surface area contributed by atoms with Crippen molar-refractivity contribution in [3.63, 3.8) is 0 Å². The van der Waals surface area contributed by atoms with Crippen LogP contribution in [0.4, 0.5) is 11.4 Å². The van der Waals surface area contributed by atoms with Crippen LogP contribution in [-0.4, -0.2) is 34.0 Å². The first kappa shape index (κ1) is 39.5. The van der Waals surface area contributed by atoms with Crippen molar-refractivity contribution >= 4 is 59.4 Å². The number of benzene rings is 6. The molecule has 6 aromatic carbocycles. The van der Waals surface area contributed by atoms with E-state index in [4.69, 9.17) is 9.47 Å². The zero-order chi connectivity index (χ0) is 41.3. The molecule has 0 fully saturated rings. The maximum atomic E-state index is 13.1. The van der Waals surface area contributed by atoms with Gasteiger partial charge in [-0.25, -0.2) is 9.59 Å². The second-order valence-electron chi connectivity index (χ2n) is 12.7. The number of ether oxygens (including phenoxy) is 2. The van der Waals surface area contributed by atoms with Gasteiger partial charge in [-0.1, -0.05) is 74.9 Å². The van der Waals surface area contributed by atoms with Crippen molar-refractivity contribution in [3.8, 4) is 34.1 Å². The van der Waals surface area contributed by atoms with Crippen molar-refractivity contribution in [2.75, 3.05) is 10.6 Å². The Morgan fingerprint density at radius 1 is 0.414 bits per heavy atom. The summed E-state index contributed by atoms with van der Waals surface area (Å²) in [5.41, 5.74) is 4.82. The van der Waals surface area contributed by atoms with Gasteiger partial charge in [0.1, 0.15) is 23.0 Å². The minimum atomic E-state index is -1.23. The molecule has 0 bridgehead atoms. The van der Waals surface area contributed by atoms with E-state index in [1.807, 2.05) is 48.5 Å². The lowest BCUT2D eigenvalue weighted by Crippen LogP contribution is -2.17. The van der Waals surface area contributed by atoms with Crippen LogP contribution in [0, 0.1) is 0 Å². The summed E-state index contributed by atoms with van der Waals surface area (Å²) in [4.78, 5) is 49.8. The van der Waals surface area contributed by atoms with Crippen LogP contribution >= 0.6 is 0 Å². The Labute approximate surface area is 334 Å². The van der Waals surface area contributed by atoms with Crippen LogP contribution in [0.5, 0.6) is 23.0 Å². The number of carbonyl (C=O) groups is 4. The number of anilines is 2. The summed E-state index contributed by atoms with van der Waals surface area (Å²) in [5.74, 6) is -1.35. The molecule has 6 aromatic rings. The highest BCUT2D eigenvalue weighted by Gasteiger charge is 2.20. The van der Waals surface area contributed by atoms with Crippen molar-refractivity contribution in [2.24, 2.45) is 0 Å². The Morgan fingerprint density at radius 3 is 0.931 bits per heavy atom. The standard InChI is InChI=1S/C48H36N2O8/c1-5-29-25-41(43(47(53)54)27-31(29)7-3)45(51)49-35-13-21-39(22-14-35)57-37-17-9-33(10-18-37)34-11-19-38(20-12-34)58-40-23-15-36(16-24-40)50-46(52)42-26-30(6-2)32(8-4)28-44(42)48(55)56/h5-28H,1-4H2,(H,49,51)(H,50,52)(H,53,54)(H,55,56). The second kappa shape index (κ2) is 17.5. The first-order valence-corrected chi connectivity index (χ1v) is 17.7. The van der Waals surface area contributed by atoms with Crippen LogP contribution in [0.1, 0.15) is 63.7 Å². The molecule has 0 aliphatic rings. The molecule has 0 spiro atoms. The van der Waals surface area contributed by atoms with Gasteiger partial charge in [0.15, 0.2) is 0 Å². The topological polar surface area (TPSA) is 151 Å². The molecule has 0 aliphatic heterocycles. The number of carboxylic acids is 2. The van der Waals surface area contributed by atoms with E-state index in [-0.39, 0.29) is 22.3 Å². The van der Waals surface area contributed by atoms with Gasteiger partial charge in [0.05, 0.1) is 22.3 Å². The second-order valence-corrected chi connectivity index (χ2v) is 12.7. The van der Waals surface area contributed by atoms with Gasteiger partial charge >= 0.3 is 11.9 Å². The van der Waals surface area contributed by atoms with Crippen molar-refractivity contribution in [3.05, 3.63) is 192 Å². The molecular formula is C48H36N2O8. The minimum Gasteiger partial charge on any atom is -0.478 e. The molecule has 0 aliphatic carbocycles. The van der Waals surface area contributed by atoms with Gasteiger partial charge in [-0.2, -0.15) is 0 Å². The van der Waals surface area contributed by atoms with E-state index in [1.54, 1.807) is 48.5 Å². The highest BCUT2D eigenvalue weighted by atomic mass is 16.5. The van der Waals surface area contributed by atoms with E-state index in [0.717, 1.165) is 11.1 Å². The molecule has 0 atom stereocenters. The average molecular weight is 769 g/mol. The summed E-state index contributed by atoms with van der Waals surface area (Å²) < 4.78 is 12.0. The van der Waals surface area contributed by atoms with Gasteiger partial charge in [0.2, 0.25) is 0 Å². The van der Waals surface area contributed by atoms with Crippen LogP contribution in [0.3, 0.4) is 0 Å². The Hall–Kier alpha value is -8.24. The molecule has 286 valence electrons. The zero-order valence-corrected chi connectivity index (χ0v) is 31.0. The third-order valence-electron chi connectivity index (χ3n) is 9.01. The number of nitrogens with one attached hydrogen (secondary N) is 2. The monoisotopic (exact) mass is 768 g/mol. The van der Waals surface area contributed by atoms with Crippen LogP contribution in [0.2, 0.25) is 0 Å².